The van der Waals surface area contributed by atoms with Crippen LogP contribution in [0.25, 0.3) is 0 Å². The van der Waals surface area contributed by atoms with Crippen LogP contribution >= 0.6 is 11.6 Å². The molecule has 1 rings (SSSR count). The van der Waals surface area contributed by atoms with Crippen molar-refractivity contribution < 1.29 is 13.5 Å². The summed E-state index contributed by atoms with van der Waals surface area (Å²) in [5, 5.41) is 0. The van der Waals surface area contributed by atoms with E-state index in [4.69, 9.17) is 16.3 Å². The van der Waals surface area contributed by atoms with E-state index < -0.39 is 12.5 Å². The molecule has 0 aromatic heterocycles. The van der Waals surface area contributed by atoms with Gasteiger partial charge in [0, 0.05) is 11.6 Å². The Bertz CT molecular complexity index is 382. The molecule has 0 saturated carbocycles. The van der Waals surface area contributed by atoms with E-state index in [0.717, 1.165) is 0 Å². The standard InChI is InChI=1S/C11H9ClF2O/c12-3-1-2-9-6-10(14)8-11(7-9)15-5-4-13/h6-8H,3-5H2. The maximum Gasteiger partial charge on any atom is 0.128 e. The first-order valence-electron chi connectivity index (χ1n) is 4.30. The monoisotopic (exact) mass is 230 g/mol. The van der Waals surface area contributed by atoms with Gasteiger partial charge < -0.3 is 4.74 Å². The molecular formula is C11H9ClF2O. The summed E-state index contributed by atoms with van der Waals surface area (Å²) >= 11 is 5.37. The largest absolute Gasteiger partial charge is 0.491 e. The molecule has 0 bridgehead atoms. The summed E-state index contributed by atoms with van der Waals surface area (Å²) in [7, 11) is 0. The number of ether oxygens (including phenoxy) is 1. The third-order valence-electron chi connectivity index (χ3n) is 1.52. The van der Waals surface area contributed by atoms with Gasteiger partial charge in [-0.1, -0.05) is 11.8 Å². The summed E-state index contributed by atoms with van der Waals surface area (Å²) < 4.78 is 29.8. The first-order valence-corrected chi connectivity index (χ1v) is 4.84. The smallest absolute Gasteiger partial charge is 0.128 e. The average Bonchev–Trinajstić information content (AvgIpc) is 2.23. The SMILES string of the molecule is FCCOc1cc(F)cc(C#CCCl)c1. The highest BCUT2D eigenvalue weighted by Gasteiger charge is 1.99. The summed E-state index contributed by atoms with van der Waals surface area (Å²) in [6.45, 7) is -0.703. The van der Waals surface area contributed by atoms with Crippen LogP contribution in [-0.2, 0) is 0 Å². The first-order chi connectivity index (χ1) is 7.26. The van der Waals surface area contributed by atoms with E-state index >= 15 is 0 Å². The molecule has 0 N–H and O–H groups in total. The number of alkyl halides is 2. The minimum atomic E-state index is -0.612. The normalized spacial score (nSPS) is 9.27. The predicted octanol–water partition coefficient (Wildman–Crippen LogP) is 2.76. The molecule has 0 heterocycles. The predicted molar refractivity (Wildman–Crippen MR) is 55.5 cm³/mol. The van der Waals surface area contributed by atoms with Crippen molar-refractivity contribution in [3.63, 3.8) is 0 Å². The molecule has 0 saturated heterocycles. The number of hydrogen-bond donors (Lipinski definition) is 0. The van der Waals surface area contributed by atoms with Gasteiger partial charge in [0.1, 0.15) is 24.8 Å². The minimum absolute atomic E-state index is 0.0914. The van der Waals surface area contributed by atoms with Gasteiger partial charge in [-0.2, -0.15) is 0 Å². The van der Waals surface area contributed by atoms with E-state index in [0.29, 0.717) is 5.56 Å². The second-order valence-electron chi connectivity index (χ2n) is 2.65. The van der Waals surface area contributed by atoms with Crippen molar-refractivity contribution in [2.75, 3.05) is 19.2 Å². The van der Waals surface area contributed by atoms with Crippen LogP contribution in [0.3, 0.4) is 0 Å². The van der Waals surface area contributed by atoms with Crippen molar-refractivity contribution >= 4 is 11.6 Å². The highest BCUT2D eigenvalue weighted by molar-refractivity contribution is 6.19. The van der Waals surface area contributed by atoms with Crippen LogP contribution in [0.1, 0.15) is 5.56 Å². The molecule has 4 heteroatoms. The van der Waals surface area contributed by atoms with Gasteiger partial charge in [0.05, 0.1) is 5.88 Å². The summed E-state index contributed by atoms with van der Waals surface area (Å²) in [6.07, 6.45) is 0. The van der Waals surface area contributed by atoms with Crippen LogP contribution in [0.2, 0.25) is 0 Å². The molecule has 0 fully saturated rings. The van der Waals surface area contributed by atoms with Gasteiger partial charge in [0.15, 0.2) is 0 Å². The second kappa shape index (κ2) is 6.26. The number of benzene rings is 1. The zero-order chi connectivity index (χ0) is 11.1. The fraction of sp³-hybridized carbons (Fsp3) is 0.273. The fourth-order valence-corrected chi connectivity index (χ4v) is 1.08. The third-order valence-corrected chi connectivity index (χ3v) is 1.65. The Morgan fingerprint density at radius 2 is 2.13 bits per heavy atom. The Labute approximate surface area is 92.0 Å². The topological polar surface area (TPSA) is 9.23 Å². The lowest BCUT2D eigenvalue weighted by atomic mass is 10.2. The van der Waals surface area contributed by atoms with Crippen molar-refractivity contribution in [1.82, 2.24) is 0 Å². The van der Waals surface area contributed by atoms with Crippen molar-refractivity contribution in [2.24, 2.45) is 0 Å². The van der Waals surface area contributed by atoms with Crippen molar-refractivity contribution in [3.05, 3.63) is 29.6 Å². The average molecular weight is 231 g/mol. The molecule has 0 atom stereocenters. The zero-order valence-electron chi connectivity index (χ0n) is 7.90. The first kappa shape index (κ1) is 11.8. The van der Waals surface area contributed by atoms with E-state index in [1.807, 2.05) is 0 Å². The van der Waals surface area contributed by atoms with E-state index in [2.05, 4.69) is 11.8 Å². The van der Waals surface area contributed by atoms with Gasteiger partial charge in [-0.3, -0.25) is 0 Å². The maximum absolute atomic E-state index is 13.0. The molecule has 1 aromatic rings. The van der Waals surface area contributed by atoms with Gasteiger partial charge >= 0.3 is 0 Å². The summed E-state index contributed by atoms with van der Waals surface area (Å²) in [5.74, 6) is 5.23. The molecule has 0 spiro atoms. The van der Waals surface area contributed by atoms with Gasteiger partial charge in [0.2, 0.25) is 0 Å². The lowest BCUT2D eigenvalue weighted by Crippen LogP contribution is -1.99. The van der Waals surface area contributed by atoms with Crippen LogP contribution in [0.5, 0.6) is 5.75 Å². The lowest BCUT2D eigenvalue weighted by molar-refractivity contribution is 0.272. The Kier molecular flexibility index (Phi) is 4.92. The summed E-state index contributed by atoms with van der Waals surface area (Å²) in [5.41, 5.74) is 0.463. The molecule has 1 aromatic carbocycles. The highest BCUT2D eigenvalue weighted by atomic mass is 35.5. The molecule has 0 amide bonds. The summed E-state index contributed by atoms with van der Waals surface area (Å²) in [4.78, 5) is 0. The van der Waals surface area contributed by atoms with E-state index in [9.17, 15) is 8.78 Å². The number of halogens is 3. The Balaban J connectivity index is 2.84. The molecule has 0 radical (unpaired) electrons. The third kappa shape index (κ3) is 4.18. The Hall–Kier alpha value is -1.27. The van der Waals surface area contributed by atoms with Gasteiger partial charge in [0.25, 0.3) is 0 Å². The molecule has 0 unspecified atom stereocenters. The highest BCUT2D eigenvalue weighted by Crippen LogP contribution is 2.15. The summed E-state index contributed by atoms with van der Waals surface area (Å²) in [6, 6.07) is 3.99. The zero-order valence-corrected chi connectivity index (χ0v) is 8.65. The van der Waals surface area contributed by atoms with Crippen LogP contribution in [0.15, 0.2) is 18.2 Å². The molecule has 15 heavy (non-hydrogen) atoms. The number of hydrogen-bond acceptors (Lipinski definition) is 1. The Morgan fingerprint density at radius 3 is 2.80 bits per heavy atom. The molecule has 0 aliphatic heterocycles. The number of rotatable bonds is 3. The molecule has 0 aliphatic carbocycles. The van der Waals surface area contributed by atoms with Gasteiger partial charge in [-0.25, -0.2) is 8.78 Å². The fourth-order valence-electron chi connectivity index (χ4n) is 1.01. The molecule has 1 nitrogen and oxygen atoms in total. The molecule has 80 valence electrons. The molecular weight excluding hydrogens is 222 g/mol. The molecule has 0 aliphatic rings. The maximum atomic E-state index is 13.0. The Morgan fingerprint density at radius 1 is 1.33 bits per heavy atom. The van der Waals surface area contributed by atoms with E-state index in [1.165, 1.54) is 18.2 Å². The van der Waals surface area contributed by atoms with Crippen LogP contribution in [0, 0.1) is 17.7 Å². The minimum Gasteiger partial charge on any atom is -0.491 e. The van der Waals surface area contributed by atoms with Gasteiger partial charge in [-0.05, 0) is 12.1 Å². The second-order valence-corrected chi connectivity index (χ2v) is 2.92. The van der Waals surface area contributed by atoms with Crippen LogP contribution in [0.4, 0.5) is 8.78 Å². The van der Waals surface area contributed by atoms with Crippen molar-refractivity contribution in [2.45, 2.75) is 0 Å². The van der Waals surface area contributed by atoms with Gasteiger partial charge in [-0.15, -0.1) is 11.6 Å². The van der Waals surface area contributed by atoms with Crippen LogP contribution in [-0.4, -0.2) is 19.2 Å². The van der Waals surface area contributed by atoms with E-state index in [1.54, 1.807) is 0 Å². The quantitative estimate of drug-likeness (QED) is 0.573. The van der Waals surface area contributed by atoms with E-state index in [-0.39, 0.29) is 18.2 Å². The van der Waals surface area contributed by atoms with Crippen molar-refractivity contribution in [3.8, 4) is 17.6 Å². The van der Waals surface area contributed by atoms with Crippen molar-refractivity contribution in [1.29, 1.82) is 0 Å². The van der Waals surface area contributed by atoms with Crippen LogP contribution < -0.4 is 4.74 Å². The lowest BCUT2D eigenvalue weighted by Gasteiger charge is -2.03.